The second-order valence-electron chi connectivity index (χ2n) is 6.81. The number of rotatable bonds is 6. The highest BCUT2D eigenvalue weighted by atomic mass is 79.9. The summed E-state index contributed by atoms with van der Waals surface area (Å²) in [6.45, 7) is 0.932. The Morgan fingerprint density at radius 1 is 1.34 bits per heavy atom. The van der Waals surface area contributed by atoms with Crippen molar-refractivity contribution in [2.45, 2.75) is 25.3 Å². The molecule has 4 N–H and O–H groups in total. The van der Waals surface area contributed by atoms with Crippen LogP contribution in [0.15, 0.2) is 40.3 Å². The lowest BCUT2D eigenvalue weighted by molar-refractivity contribution is -0.135. The third kappa shape index (κ3) is 6.01. The van der Waals surface area contributed by atoms with E-state index in [4.69, 9.17) is 5.73 Å². The fourth-order valence-corrected chi connectivity index (χ4v) is 4.30. The predicted octanol–water partition coefficient (Wildman–Crippen LogP) is 2.88. The average Bonchev–Trinajstić information content (AvgIpc) is 3.24. The smallest absolute Gasteiger partial charge is 0.312 e. The topological polar surface area (TPSA) is 117 Å². The van der Waals surface area contributed by atoms with E-state index in [2.05, 4.69) is 31.5 Å². The first kappa shape index (κ1) is 21.3. The molecule has 154 valence electrons. The minimum Gasteiger partial charge on any atom is -0.352 e. The van der Waals surface area contributed by atoms with Gasteiger partial charge in [-0.2, -0.15) is 0 Å². The van der Waals surface area contributed by atoms with Gasteiger partial charge in [0.15, 0.2) is 0 Å². The summed E-state index contributed by atoms with van der Waals surface area (Å²) in [7, 11) is 0. The van der Waals surface area contributed by atoms with Crippen LogP contribution in [0, 0.1) is 5.92 Å². The van der Waals surface area contributed by atoms with Crippen molar-refractivity contribution in [1.82, 2.24) is 15.2 Å². The zero-order chi connectivity index (χ0) is 20.8. The Morgan fingerprint density at radius 2 is 2.17 bits per heavy atom. The second-order valence-corrected chi connectivity index (χ2v) is 8.71. The van der Waals surface area contributed by atoms with Gasteiger partial charge in [0.05, 0.1) is 18.4 Å². The molecule has 8 nitrogen and oxygen atoms in total. The quantitative estimate of drug-likeness (QED) is 0.589. The van der Waals surface area contributed by atoms with Crippen LogP contribution >= 0.6 is 27.3 Å². The minimum atomic E-state index is -0.672. The molecule has 4 amide bonds. The van der Waals surface area contributed by atoms with Crippen LogP contribution in [0.2, 0.25) is 0 Å². The second kappa shape index (κ2) is 9.84. The van der Waals surface area contributed by atoms with E-state index in [0.29, 0.717) is 25.3 Å². The zero-order valence-corrected chi connectivity index (χ0v) is 18.0. The third-order valence-electron chi connectivity index (χ3n) is 4.71. The predicted molar refractivity (Wildman–Crippen MR) is 114 cm³/mol. The molecule has 3 heterocycles. The number of hydrogen-bond acceptors (Lipinski definition) is 5. The number of primary amides is 1. The highest BCUT2D eigenvalue weighted by Crippen LogP contribution is 2.25. The van der Waals surface area contributed by atoms with Crippen LogP contribution in [0.4, 0.5) is 10.6 Å². The normalized spacial score (nSPS) is 17.4. The summed E-state index contributed by atoms with van der Waals surface area (Å²) in [5.41, 5.74) is 5.27. The third-order valence-corrected chi connectivity index (χ3v) is 6.16. The molecule has 2 unspecified atom stereocenters. The molecular weight excluding hydrogens is 458 g/mol. The van der Waals surface area contributed by atoms with Crippen LogP contribution in [-0.4, -0.2) is 40.8 Å². The number of urea groups is 1. The summed E-state index contributed by atoms with van der Waals surface area (Å²) in [6, 6.07) is 6.09. The Bertz CT molecular complexity index is 859. The van der Waals surface area contributed by atoms with E-state index >= 15 is 0 Å². The van der Waals surface area contributed by atoms with Gasteiger partial charge >= 0.3 is 6.03 Å². The van der Waals surface area contributed by atoms with Gasteiger partial charge in [0, 0.05) is 28.6 Å². The standard InChI is InChI=1S/C19H22BrN5O3S/c20-13-5-6-16(22-10-13)24-18(27)12-3-1-7-25(11-12)17(26)9-14(23-19(21)28)15-4-2-8-29-15/h2,4-6,8,10,12,14H,1,3,7,9,11H2,(H3,21,23,28)(H,22,24,27). The molecule has 1 fully saturated rings. The Hall–Kier alpha value is -2.46. The Labute approximate surface area is 181 Å². The number of nitrogens with one attached hydrogen (secondary N) is 2. The van der Waals surface area contributed by atoms with Gasteiger partial charge in [0.1, 0.15) is 5.82 Å². The van der Waals surface area contributed by atoms with Gasteiger partial charge in [-0.05, 0) is 52.4 Å². The van der Waals surface area contributed by atoms with Crippen molar-refractivity contribution >= 4 is 50.9 Å². The van der Waals surface area contributed by atoms with Crippen LogP contribution in [0.1, 0.15) is 30.2 Å². The summed E-state index contributed by atoms with van der Waals surface area (Å²) in [4.78, 5) is 43.5. The van der Waals surface area contributed by atoms with Crippen LogP contribution in [0.5, 0.6) is 0 Å². The van der Waals surface area contributed by atoms with E-state index in [1.807, 2.05) is 17.5 Å². The molecule has 1 aliphatic rings. The van der Waals surface area contributed by atoms with Gasteiger partial charge in [-0.3, -0.25) is 9.59 Å². The molecule has 0 radical (unpaired) electrons. The first-order valence-corrected chi connectivity index (χ1v) is 10.9. The number of aromatic nitrogens is 1. The summed E-state index contributed by atoms with van der Waals surface area (Å²) in [5, 5.41) is 7.32. The molecule has 1 aliphatic heterocycles. The lowest BCUT2D eigenvalue weighted by atomic mass is 9.96. The molecule has 3 rings (SSSR count). The van der Waals surface area contributed by atoms with Gasteiger partial charge in [-0.1, -0.05) is 6.07 Å². The van der Waals surface area contributed by atoms with Gasteiger partial charge in [-0.15, -0.1) is 11.3 Å². The van der Waals surface area contributed by atoms with Crippen molar-refractivity contribution in [2.24, 2.45) is 11.7 Å². The number of nitrogens with zero attached hydrogens (tertiary/aromatic N) is 2. The number of thiophene rings is 1. The van der Waals surface area contributed by atoms with Crippen molar-refractivity contribution < 1.29 is 14.4 Å². The summed E-state index contributed by atoms with van der Waals surface area (Å²) in [5.74, 6) is -0.0914. The highest BCUT2D eigenvalue weighted by Gasteiger charge is 2.30. The Morgan fingerprint density at radius 3 is 2.83 bits per heavy atom. The molecule has 10 heteroatoms. The number of nitrogens with two attached hydrogens (primary N) is 1. The van der Waals surface area contributed by atoms with Crippen LogP contribution in [0.25, 0.3) is 0 Å². The van der Waals surface area contributed by atoms with E-state index in [0.717, 1.165) is 15.8 Å². The number of amides is 4. The highest BCUT2D eigenvalue weighted by molar-refractivity contribution is 9.10. The monoisotopic (exact) mass is 479 g/mol. The summed E-state index contributed by atoms with van der Waals surface area (Å²) >= 11 is 4.76. The van der Waals surface area contributed by atoms with E-state index in [9.17, 15) is 14.4 Å². The molecule has 0 saturated carbocycles. The number of halogens is 1. The molecule has 29 heavy (non-hydrogen) atoms. The van der Waals surface area contributed by atoms with Crippen molar-refractivity contribution in [1.29, 1.82) is 0 Å². The summed E-state index contributed by atoms with van der Waals surface area (Å²) in [6.07, 6.45) is 3.17. The minimum absolute atomic E-state index is 0.103. The number of hydrogen-bond donors (Lipinski definition) is 3. The maximum absolute atomic E-state index is 12.8. The number of pyridine rings is 1. The fraction of sp³-hybridized carbons (Fsp3) is 0.368. The molecule has 0 aromatic carbocycles. The van der Waals surface area contributed by atoms with E-state index in [1.165, 1.54) is 11.3 Å². The number of anilines is 1. The number of carbonyl (C=O) groups is 3. The molecule has 2 aromatic rings. The Kier molecular flexibility index (Phi) is 7.21. The molecular formula is C19H22BrN5O3S. The molecule has 2 aromatic heterocycles. The van der Waals surface area contributed by atoms with Gasteiger partial charge in [-0.25, -0.2) is 9.78 Å². The van der Waals surface area contributed by atoms with E-state index < -0.39 is 12.1 Å². The first-order chi connectivity index (χ1) is 13.9. The number of carbonyl (C=O) groups excluding carboxylic acids is 3. The number of piperidine rings is 1. The average molecular weight is 480 g/mol. The molecule has 2 atom stereocenters. The SMILES string of the molecule is NC(=O)NC(CC(=O)N1CCCC(C(=O)Nc2ccc(Br)cn2)C1)c1cccs1. The van der Waals surface area contributed by atoms with Crippen molar-refractivity contribution in [3.05, 3.63) is 45.2 Å². The van der Waals surface area contributed by atoms with Crippen molar-refractivity contribution in [3.63, 3.8) is 0 Å². The molecule has 0 aliphatic carbocycles. The van der Waals surface area contributed by atoms with Crippen molar-refractivity contribution in [3.8, 4) is 0 Å². The maximum Gasteiger partial charge on any atom is 0.312 e. The maximum atomic E-state index is 12.8. The van der Waals surface area contributed by atoms with Gasteiger partial charge in [0.25, 0.3) is 0 Å². The van der Waals surface area contributed by atoms with Crippen LogP contribution in [-0.2, 0) is 9.59 Å². The largest absolute Gasteiger partial charge is 0.352 e. The Balaban J connectivity index is 1.60. The molecule has 1 saturated heterocycles. The van der Waals surface area contributed by atoms with E-state index in [1.54, 1.807) is 23.2 Å². The number of likely N-dealkylation sites (tertiary alicyclic amines) is 1. The van der Waals surface area contributed by atoms with Gasteiger partial charge < -0.3 is 21.3 Å². The first-order valence-electron chi connectivity index (χ1n) is 9.22. The van der Waals surface area contributed by atoms with Gasteiger partial charge in [0.2, 0.25) is 11.8 Å². The lowest BCUT2D eigenvalue weighted by Gasteiger charge is -2.33. The van der Waals surface area contributed by atoms with E-state index in [-0.39, 0.29) is 24.2 Å². The lowest BCUT2D eigenvalue weighted by Crippen LogP contribution is -2.45. The summed E-state index contributed by atoms with van der Waals surface area (Å²) < 4.78 is 0.829. The molecule has 0 bridgehead atoms. The fourth-order valence-electron chi connectivity index (χ4n) is 3.28. The van der Waals surface area contributed by atoms with Crippen molar-refractivity contribution in [2.75, 3.05) is 18.4 Å². The molecule has 0 spiro atoms. The van der Waals surface area contributed by atoms with Crippen LogP contribution in [0.3, 0.4) is 0 Å². The zero-order valence-electron chi connectivity index (χ0n) is 15.6. The van der Waals surface area contributed by atoms with Crippen LogP contribution < -0.4 is 16.4 Å².